The highest BCUT2D eigenvalue weighted by atomic mass is 16.6. The Kier molecular flexibility index (Phi) is 7.14. The minimum Gasteiger partial charge on any atom is -0.497 e. The number of nitrogens with two attached hydrogens (primary N) is 1. The molecule has 12 heteroatoms. The van der Waals surface area contributed by atoms with E-state index in [0.29, 0.717) is 28.2 Å². The zero-order valence-electron chi connectivity index (χ0n) is 23.4. The molecule has 0 aliphatic carbocycles. The van der Waals surface area contributed by atoms with Crippen molar-refractivity contribution >= 4 is 17.1 Å². The number of hydrogen-bond acceptors (Lipinski definition) is 10. The van der Waals surface area contributed by atoms with E-state index in [-0.39, 0.29) is 17.1 Å². The fourth-order valence-electron chi connectivity index (χ4n) is 6.30. The Labute approximate surface area is 246 Å². The number of nitrogen functional groups attached to an aromatic ring is 1. The molecule has 43 heavy (non-hydrogen) atoms. The number of fused-ring (bicyclic) bond motifs is 1. The van der Waals surface area contributed by atoms with Crippen LogP contribution >= 0.6 is 0 Å². The molecular formula is C31H31N5O7. The van der Waals surface area contributed by atoms with Gasteiger partial charge in [-0.1, -0.05) is 54.6 Å². The number of imidazole rings is 1. The molecule has 1 aliphatic heterocycles. The monoisotopic (exact) mass is 585 g/mol. The predicted molar refractivity (Wildman–Crippen MR) is 157 cm³/mol. The first kappa shape index (κ1) is 28.4. The molecule has 3 heterocycles. The van der Waals surface area contributed by atoms with Crippen LogP contribution in [0.1, 0.15) is 16.7 Å². The van der Waals surface area contributed by atoms with Crippen molar-refractivity contribution < 1.29 is 29.5 Å². The molecule has 0 spiro atoms. The first-order chi connectivity index (χ1) is 20.8. The molecular weight excluding hydrogens is 554 g/mol. The van der Waals surface area contributed by atoms with Gasteiger partial charge in [0.25, 0.3) is 5.56 Å². The Morgan fingerprint density at radius 1 is 0.953 bits per heavy atom. The van der Waals surface area contributed by atoms with Gasteiger partial charge in [0.1, 0.15) is 29.8 Å². The van der Waals surface area contributed by atoms with Gasteiger partial charge in [-0.2, -0.15) is 4.98 Å². The molecule has 1 aliphatic rings. The Morgan fingerprint density at radius 3 is 2.02 bits per heavy atom. The number of aromatic nitrogens is 4. The topological polar surface area (TPSA) is 178 Å². The number of nitrogens with zero attached hydrogens (tertiary/aromatic N) is 3. The normalized spacial score (nSPS) is 22.1. The van der Waals surface area contributed by atoms with E-state index in [1.165, 1.54) is 10.9 Å². The number of aromatic amines is 1. The van der Waals surface area contributed by atoms with E-state index in [1.54, 1.807) is 38.5 Å². The third-order valence-electron chi connectivity index (χ3n) is 8.19. The molecule has 0 bridgehead atoms. The van der Waals surface area contributed by atoms with Crippen LogP contribution in [-0.4, -0.2) is 74.0 Å². The third kappa shape index (κ3) is 4.10. The maximum atomic E-state index is 12.9. The lowest BCUT2D eigenvalue weighted by Gasteiger charge is -2.51. The molecule has 2 aromatic heterocycles. The number of H-pyrrole nitrogens is 1. The average molecular weight is 586 g/mol. The van der Waals surface area contributed by atoms with Crippen LogP contribution < -0.4 is 20.8 Å². The van der Waals surface area contributed by atoms with E-state index in [2.05, 4.69) is 15.0 Å². The van der Waals surface area contributed by atoms with Crippen LogP contribution in [0, 0.1) is 0 Å². The van der Waals surface area contributed by atoms with Crippen LogP contribution in [0.2, 0.25) is 0 Å². The first-order valence-corrected chi connectivity index (χ1v) is 13.5. The summed E-state index contributed by atoms with van der Waals surface area (Å²) in [5.41, 5.74) is 3.73. The zero-order valence-corrected chi connectivity index (χ0v) is 23.4. The maximum Gasteiger partial charge on any atom is 0.280 e. The van der Waals surface area contributed by atoms with Gasteiger partial charge >= 0.3 is 0 Å². The van der Waals surface area contributed by atoms with Crippen molar-refractivity contribution in [3.8, 4) is 11.5 Å². The molecule has 3 aromatic carbocycles. The smallest absolute Gasteiger partial charge is 0.280 e. The molecule has 4 atom stereocenters. The van der Waals surface area contributed by atoms with Gasteiger partial charge < -0.3 is 35.3 Å². The lowest BCUT2D eigenvalue weighted by Crippen LogP contribution is -2.61. The average Bonchev–Trinajstić information content (AvgIpc) is 3.58. The van der Waals surface area contributed by atoms with Gasteiger partial charge in [0.15, 0.2) is 16.9 Å². The van der Waals surface area contributed by atoms with Gasteiger partial charge in [0.05, 0.1) is 32.6 Å². The summed E-state index contributed by atoms with van der Waals surface area (Å²) in [5.74, 6) is 0.995. The second-order valence-corrected chi connectivity index (χ2v) is 10.3. The van der Waals surface area contributed by atoms with E-state index in [1.807, 2.05) is 54.6 Å². The quantitative estimate of drug-likeness (QED) is 0.168. The van der Waals surface area contributed by atoms with Crippen molar-refractivity contribution in [2.45, 2.75) is 29.5 Å². The molecule has 1 fully saturated rings. The van der Waals surface area contributed by atoms with Gasteiger partial charge in [-0.25, -0.2) is 4.98 Å². The van der Waals surface area contributed by atoms with E-state index >= 15 is 0 Å². The molecule has 12 nitrogen and oxygen atoms in total. The minimum atomic E-state index is -2.01. The van der Waals surface area contributed by atoms with Crippen molar-refractivity contribution in [2.24, 2.45) is 0 Å². The number of nitrogens with one attached hydrogen (secondary N) is 1. The van der Waals surface area contributed by atoms with Gasteiger partial charge in [0, 0.05) is 0 Å². The first-order valence-electron chi connectivity index (χ1n) is 13.5. The van der Waals surface area contributed by atoms with Gasteiger partial charge in [-0.3, -0.25) is 14.3 Å². The summed E-state index contributed by atoms with van der Waals surface area (Å²) < 4.78 is 19.1. The van der Waals surface area contributed by atoms with E-state index < -0.39 is 41.6 Å². The van der Waals surface area contributed by atoms with Crippen molar-refractivity contribution in [3.05, 3.63) is 112 Å². The summed E-state index contributed by atoms with van der Waals surface area (Å²) in [6, 6.07) is 23.7. The fourth-order valence-corrected chi connectivity index (χ4v) is 6.30. The zero-order chi connectivity index (χ0) is 30.4. The van der Waals surface area contributed by atoms with Crippen LogP contribution in [0.25, 0.3) is 11.2 Å². The molecule has 0 unspecified atom stereocenters. The van der Waals surface area contributed by atoms with Crippen LogP contribution in [0.5, 0.6) is 11.5 Å². The Morgan fingerprint density at radius 2 is 1.51 bits per heavy atom. The van der Waals surface area contributed by atoms with Crippen molar-refractivity contribution in [3.63, 3.8) is 0 Å². The van der Waals surface area contributed by atoms with Crippen molar-refractivity contribution in [2.75, 3.05) is 26.6 Å². The van der Waals surface area contributed by atoms with Crippen LogP contribution in [0.3, 0.4) is 0 Å². The third-order valence-corrected chi connectivity index (χ3v) is 8.19. The number of aliphatic hydroxyl groups is 3. The SMILES string of the molecule is COc1ccc(C(c2ccccc2)(c2ccc(OC)cc2)[C@@]2(n3cnc4c(=O)[nH]c(N)nc43)O[C@H](CO)[C@@H](O)[C@H]2O)cc1. The number of hydrogen-bond donors (Lipinski definition) is 5. The highest BCUT2D eigenvalue weighted by molar-refractivity contribution is 5.72. The van der Waals surface area contributed by atoms with Crippen LogP contribution in [0.4, 0.5) is 5.95 Å². The van der Waals surface area contributed by atoms with Gasteiger partial charge in [0.2, 0.25) is 5.95 Å². The fraction of sp³-hybridized carbons (Fsp3) is 0.258. The number of anilines is 1. The number of benzene rings is 3. The molecule has 222 valence electrons. The second kappa shape index (κ2) is 10.8. The Bertz CT molecular complexity index is 1740. The molecule has 1 saturated heterocycles. The highest BCUT2D eigenvalue weighted by Gasteiger charge is 2.68. The summed E-state index contributed by atoms with van der Waals surface area (Å²) in [7, 11) is 3.11. The van der Waals surface area contributed by atoms with E-state index in [4.69, 9.17) is 19.9 Å². The number of aliphatic hydroxyl groups excluding tert-OH is 3. The lowest BCUT2D eigenvalue weighted by atomic mass is 9.60. The van der Waals surface area contributed by atoms with Crippen molar-refractivity contribution in [1.29, 1.82) is 0 Å². The molecule has 0 saturated carbocycles. The van der Waals surface area contributed by atoms with Crippen LogP contribution in [-0.2, 0) is 15.9 Å². The van der Waals surface area contributed by atoms with E-state index in [9.17, 15) is 20.1 Å². The minimum absolute atomic E-state index is 0.00780. The van der Waals surface area contributed by atoms with E-state index in [0.717, 1.165) is 0 Å². The Hall–Kier alpha value is -4.75. The number of rotatable bonds is 8. The standard InChI is InChI=1S/C31H31N5O7/c1-41-21-12-8-19(9-13-21)30(18-6-4-3-5-7-18,20-10-14-22(42-2)15-11-20)31(26(39)25(38)23(16-37)43-31)36-17-33-24-27(36)34-29(32)35-28(24)40/h3-15,17,23,25-26,37-39H,16H2,1-2H3,(H3,32,34,35,40)/t23-,25-,26-,31+/m1/s1. The summed E-state index contributed by atoms with van der Waals surface area (Å²) in [5, 5.41) is 34.0. The largest absolute Gasteiger partial charge is 0.497 e. The lowest BCUT2D eigenvalue weighted by molar-refractivity contribution is -0.175. The number of methoxy groups -OCH3 is 2. The number of ether oxygens (including phenoxy) is 3. The van der Waals surface area contributed by atoms with Crippen molar-refractivity contribution in [1.82, 2.24) is 19.5 Å². The molecule has 0 amide bonds. The summed E-state index contributed by atoms with van der Waals surface area (Å²) in [6.45, 7) is -0.612. The predicted octanol–water partition coefficient (Wildman–Crippen LogP) is 1.52. The molecule has 6 N–H and O–H groups in total. The Balaban J connectivity index is 1.84. The summed E-state index contributed by atoms with van der Waals surface area (Å²) >= 11 is 0. The second-order valence-electron chi connectivity index (χ2n) is 10.3. The summed E-state index contributed by atoms with van der Waals surface area (Å²) in [6.07, 6.45) is -3.16. The summed E-state index contributed by atoms with van der Waals surface area (Å²) in [4.78, 5) is 24.1. The van der Waals surface area contributed by atoms with Gasteiger partial charge in [-0.05, 0) is 41.0 Å². The highest BCUT2D eigenvalue weighted by Crippen LogP contribution is 2.57. The van der Waals surface area contributed by atoms with Gasteiger partial charge in [-0.15, -0.1) is 0 Å². The molecule has 5 aromatic rings. The molecule has 0 radical (unpaired) electrons. The maximum absolute atomic E-state index is 12.9. The van der Waals surface area contributed by atoms with Crippen LogP contribution in [0.15, 0.2) is 90.0 Å². The molecule has 6 rings (SSSR count).